The van der Waals surface area contributed by atoms with E-state index in [1.54, 1.807) is 6.92 Å². The van der Waals surface area contributed by atoms with Gasteiger partial charge >= 0.3 is 0 Å². The highest BCUT2D eigenvalue weighted by molar-refractivity contribution is 5.94. The van der Waals surface area contributed by atoms with Crippen molar-refractivity contribution in [3.8, 4) is 5.75 Å². The summed E-state index contributed by atoms with van der Waals surface area (Å²) in [6, 6.07) is 9.33. The number of benzene rings is 1. The lowest BCUT2D eigenvalue weighted by Gasteiger charge is -2.07. The van der Waals surface area contributed by atoms with Crippen LogP contribution in [0.1, 0.15) is 28.8 Å². The predicted molar refractivity (Wildman–Crippen MR) is 73.5 cm³/mol. The smallest absolute Gasteiger partial charge is 0.293 e. The molecular formula is C14H15N3O3. The van der Waals surface area contributed by atoms with Crippen LogP contribution in [0.15, 0.2) is 35.1 Å². The van der Waals surface area contributed by atoms with Gasteiger partial charge in [-0.05, 0) is 5.56 Å². The number of rotatable bonds is 4. The van der Waals surface area contributed by atoms with Crippen LogP contribution in [0.3, 0.4) is 0 Å². The summed E-state index contributed by atoms with van der Waals surface area (Å²) in [4.78, 5) is 29.8. The largest absolute Gasteiger partial charge is 0.501 e. The zero-order chi connectivity index (χ0) is 14.5. The third-order valence-corrected chi connectivity index (χ3v) is 2.79. The summed E-state index contributed by atoms with van der Waals surface area (Å²) in [5.74, 6) is -0.877. The molecule has 2 rings (SSSR count). The summed E-state index contributed by atoms with van der Waals surface area (Å²) in [6.45, 7) is 2.09. The van der Waals surface area contributed by atoms with E-state index in [-0.39, 0.29) is 5.69 Å². The molecule has 0 fully saturated rings. The number of aromatic nitrogens is 2. The first kappa shape index (κ1) is 13.8. The van der Waals surface area contributed by atoms with Gasteiger partial charge in [0.1, 0.15) is 5.82 Å². The Bertz CT molecular complexity index is 665. The van der Waals surface area contributed by atoms with Gasteiger partial charge in [0, 0.05) is 13.0 Å². The molecule has 0 aliphatic rings. The molecule has 0 spiro atoms. The molecule has 0 atom stereocenters. The lowest BCUT2D eigenvalue weighted by Crippen LogP contribution is -2.27. The molecule has 1 aromatic heterocycles. The topological polar surface area (TPSA) is 95.1 Å². The van der Waals surface area contributed by atoms with Crippen molar-refractivity contribution < 1.29 is 9.90 Å². The lowest BCUT2D eigenvalue weighted by atomic mass is 10.2. The molecule has 1 aromatic carbocycles. The van der Waals surface area contributed by atoms with Crippen molar-refractivity contribution in [1.29, 1.82) is 0 Å². The van der Waals surface area contributed by atoms with E-state index in [1.807, 2.05) is 30.3 Å². The molecule has 1 amide bonds. The summed E-state index contributed by atoms with van der Waals surface area (Å²) in [5.41, 5.74) is -0.0378. The molecule has 2 aromatic rings. The number of aryl methyl sites for hydroxylation is 1. The van der Waals surface area contributed by atoms with Gasteiger partial charge in [0.05, 0.1) is 0 Å². The molecule has 104 valence electrons. The number of hydrogen-bond acceptors (Lipinski definition) is 4. The Labute approximate surface area is 115 Å². The van der Waals surface area contributed by atoms with Crippen LogP contribution in [0.25, 0.3) is 0 Å². The first-order chi connectivity index (χ1) is 9.61. The van der Waals surface area contributed by atoms with Crippen molar-refractivity contribution in [2.24, 2.45) is 0 Å². The number of nitrogens with zero attached hydrogens (tertiary/aromatic N) is 1. The van der Waals surface area contributed by atoms with Gasteiger partial charge in [0.25, 0.3) is 11.5 Å². The van der Waals surface area contributed by atoms with Gasteiger partial charge in [-0.1, -0.05) is 37.3 Å². The van der Waals surface area contributed by atoms with Crippen molar-refractivity contribution >= 4 is 5.91 Å². The minimum atomic E-state index is -0.707. The van der Waals surface area contributed by atoms with Crippen LogP contribution in [0, 0.1) is 0 Å². The predicted octanol–water partition coefficient (Wildman–Crippen LogP) is 0.968. The Kier molecular flexibility index (Phi) is 4.14. The van der Waals surface area contributed by atoms with Gasteiger partial charge in [-0.2, -0.15) is 0 Å². The lowest BCUT2D eigenvalue weighted by molar-refractivity contribution is 0.0942. The Balaban J connectivity index is 2.17. The Hall–Kier alpha value is -2.63. The van der Waals surface area contributed by atoms with Gasteiger partial charge in [0.15, 0.2) is 5.69 Å². The maximum absolute atomic E-state index is 12.0. The molecule has 6 nitrogen and oxygen atoms in total. The average Bonchev–Trinajstić information content (AvgIpc) is 2.48. The number of carbonyl (C=O) groups is 1. The SMILES string of the molecule is CCc1nc(C(=O)NCc2ccccc2)c(O)c(=O)[nH]1. The summed E-state index contributed by atoms with van der Waals surface area (Å²) >= 11 is 0. The maximum Gasteiger partial charge on any atom is 0.293 e. The second-order valence-corrected chi connectivity index (χ2v) is 4.23. The van der Waals surface area contributed by atoms with Crippen LogP contribution in [0.4, 0.5) is 0 Å². The highest BCUT2D eigenvalue weighted by Gasteiger charge is 2.17. The van der Waals surface area contributed by atoms with E-state index >= 15 is 0 Å². The minimum absolute atomic E-state index is 0.249. The molecule has 0 saturated heterocycles. The van der Waals surface area contributed by atoms with Crippen LogP contribution in [-0.2, 0) is 13.0 Å². The van der Waals surface area contributed by atoms with E-state index in [9.17, 15) is 14.7 Å². The van der Waals surface area contributed by atoms with Crippen molar-refractivity contribution in [1.82, 2.24) is 15.3 Å². The molecule has 1 heterocycles. The van der Waals surface area contributed by atoms with Gasteiger partial charge in [-0.3, -0.25) is 9.59 Å². The van der Waals surface area contributed by atoms with Crippen LogP contribution in [0.5, 0.6) is 5.75 Å². The van der Waals surface area contributed by atoms with Gasteiger partial charge in [-0.25, -0.2) is 4.98 Å². The molecule has 0 bridgehead atoms. The Morgan fingerprint density at radius 3 is 2.70 bits per heavy atom. The van der Waals surface area contributed by atoms with E-state index in [0.29, 0.717) is 18.8 Å². The van der Waals surface area contributed by atoms with Crippen molar-refractivity contribution in [3.05, 3.63) is 57.8 Å². The van der Waals surface area contributed by atoms with E-state index in [1.165, 1.54) is 0 Å². The Morgan fingerprint density at radius 2 is 2.05 bits per heavy atom. The third kappa shape index (κ3) is 3.03. The zero-order valence-electron chi connectivity index (χ0n) is 11.0. The molecular weight excluding hydrogens is 258 g/mol. The number of H-pyrrole nitrogens is 1. The number of carbonyl (C=O) groups excluding carboxylic acids is 1. The van der Waals surface area contributed by atoms with Crippen LogP contribution in [-0.4, -0.2) is 21.0 Å². The Morgan fingerprint density at radius 1 is 1.35 bits per heavy atom. The van der Waals surface area contributed by atoms with E-state index < -0.39 is 17.2 Å². The monoisotopic (exact) mass is 273 g/mol. The van der Waals surface area contributed by atoms with E-state index in [4.69, 9.17) is 0 Å². The number of nitrogens with one attached hydrogen (secondary N) is 2. The molecule has 0 unspecified atom stereocenters. The van der Waals surface area contributed by atoms with Gasteiger partial charge in [-0.15, -0.1) is 0 Å². The van der Waals surface area contributed by atoms with E-state index in [0.717, 1.165) is 5.56 Å². The molecule has 0 aliphatic carbocycles. The minimum Gasteiger partial charge on any atom is -0.501 e. The van der Waals surface area contributed by atoms with Crippen molar-refractivity contribution in [2.75, 3.05) is 0 Å². The summed E-state index contributed by atoms with van der Waals surface area (Å²) in [6.07, 6.45) is 0.467. The number of aromatic amines is 1. The van der Waals surface area contributed by atoms with Gasteiger partial charge < -0.3 is 15.4 Å². The normalized spacial score (nSPS) is 10.2. The molecule has 3 N–H and O–H groups in total. The van der Waals surface area contributed by atoms with Crippen molar-refractivity contribution in [3.63, 3.8) is 0 Å². The highest BCUT2D eigenvalue weighted by atomic mass is 16.3. The average molecular weight is 273 g/mol. The quantitative estimate of drug-likeness (QED) is 0.773. The summed E-state index contributed by atoms with van der Waals surface area (Å²) in [7, 11) is 0. The maximum atomic E-state index is 12.0. The second-order valence-electron chi connectivity index (χ2n) is 4.23. The third-order valence-electron chi connectivity index (χ3n) is 2.79. The fourth-order valence-corrected chi connectivity index (χ4v) is 1.70. The molecule has 20 heavy (non-hydrogen) atoms. The molecule has 0 aliphatic heterocycles. The van der Waals surface area contributed by atoms with E-state index in [2.05, 4.69) is 15.3 Å². The fraction of sp³-hybridized carbons (Fsp3) is 0.214. The van der Waals surface area contributed by atoms with Crippen LogP contribution in [0.2, 0.25) is 0 Å². The molecule has 6 heteroatoms. The summed E-state index contributed by atoms with van der Waals surface area (Å²) in [5, 5.41) is 12.2. The molecule has 0 radical (unpaired) electrons. The highest BCUT2D eigenvalue weighted by Crippen LogP contribution is 2.08. The first-order valence-electron chi connectivity index (χ1n) is 6.26. The first-order valence-corrected chi connectivity index (χ1v) is 6.26. The van der Waals surface area contributed by atoms with Gasteiger partial charge in [0.2, 0.25) is 5.75 Å². The summed E-state index contributed by atoms with van der Waals surface area (Å²) < 4.78 is 0. The van der Waals surface area contributed by atoms with Crippen LogP contribution < -0.4 is 10.9 Å². The standard InChI is InChI=1S/C14H15N3O3/c1-2-10-16-11(12(18)14(20)17-10)13(19)15-8-9-6-4-3-5-7-9/h3-7,18H,2,8H2,1H3,(H,15,19)(H,16,17,20). The molecule has 0 saturated carbocycles. The second kappa shape index (κ2) is 6.01. The number of aromatic hydroxyl groups is 1. The fourth-order valence-electron chi connectivity index (χ4n) is 1.70. The number of hydrogen-bond donors (Lipinski definition) is 3. The van der Waals surface area contributed by atoms with Crippen molar-refractivity contribution in [2.45, 2.75) is 19.9 Å². The van der Waals surface area contributed by atoms with Crippen LogP contribution >= 0.6 is 0 Å². The number of amides is 1. The zero-order valence-corrected chi connectivity index (χ0v) is 11.0.